The summed E-state index contributed by atoms with van der Waals surface area (Å²) in [4.78, 5) is 23.4. The molecule has 0 bridgehead atoms. The van der Waals surface area contributed by atoms with Crippen molar-refractivity contribution in [1.29, 1.82) is 0 Å². The molecular formula is C16H20BrNO4. The van der Waals surface area contributed by atoms with Gasteiger partial charge in [0, 0.05) is 17.6 Å². The van der Waals surface area contributed by atoms with Gasteiger partial charge in [0.2, 0.25) is 5.91 Å². The van der Waals surface area contributed by atoms with Crippen LogP contribution in [-0.4, -0.2) is 26.1 Å². The molecule has 1 amide bonds. The van der Waals surface area contributed by atoms with E-state index in [1.165, 1.54) is 13.2 Å². The first kappa shape index (κ1) is 18.2. The second kappa shape index (κ2) is 7.45. The van der Waals surface area contributed by atoms with Gasteiger partial charge in [-0.1, -0.05) is 20.8 Å². The summed E-state index contributed by atoms with van der Waals surface area (Å²) in [5.74, 6) is -0.0240. The van der Waals surface area contributed by atoms with E-state index >= 15 is 0 Å². The fourth-order valence-corrected chi connectivity index (χ4v) is 2.03. The molecular weight excluding hydrogens is 350 g/mol. The van der Waals surface area contributed by atoms with Crippen molar-refractivity contribution in [1.82, 2.24) is 0 Å². The number of esters is 1. The maximum absolute atomic E-state index is 12.2. The monoisotopic (exact) mass is 369 g/mol. The minimum atomic E-state index is -0.538. The van der Waals surface area contributed by atoms with Gasteiger partial charge in [0.1, 0.15) is 5.75 Å². The number of methoxy groups -OCH3 is 2. The van der Waals surface area contributed by atoms with Gasteiger partial charge in [0.15, 0.2) is 0 Å². The lowest BCUT2D eigenvalue weighted by atomic mass is 9.95. The van der Waals surface area contributed by atoms with E-state index in [2.05, 4.69) is 26.0 Å². The van der Waals surface area contributed by atoms with Gasteiger partial charge in [-0.2, -0.15) is 0 Å². The van der Waals surface area contributed by atoms with Crippen molar-refractivity contribution in [3.63, 3.8) is 0 Å². The van der Waals surface area contributed by atoms with Crippen LogP contribution in [0.5, 0.6) is 5.75 Å². The molecule has 0 aliphatic heterocycles. The summed E-state index contributed by atoms with van der Waals surface area (Å²) in [6, 6.07) is 3.46. The normalized spacial score (nSPS) is 11.4. The lowest BCUT2D eigenvalue weighted by molar-refractivity contribution is -0.134. The highest BCUT2D eigenvalue weighted by atomic mass is 79.9. The molecule has 1 aromatic carbocycles. The summed E-state index contributed by atoms with van der Waals surface area (Å²) >= 11 is 3.38. The molecule has 0 saturated heterocycles. The smallest absolute Gasteiger partial charge is 0.330 e. The lowest BCUT2D eigenvalue weighted by Crippen LogP contribution is -2.27. The minimum absolute atomic E-state index is 0.135. The largest absolute Gasteiger partial charge is 0.495 e. The summed E-state index contributed by atoms with van der Waals surface area (Å²) in [5, 5.41) is 2.85. The highest BCUT2D eigenvalue weighted by Crippen LogP contribution is 2.33. The summed E-state index contributed by atoms with van der Waals surface area (Å²) in [7, 11) is 2.85. The standard InChI is InChI=1S/C16H20BrNO4/c1-16(2,3)15(20)18-12-9-13(21-4)11(17)8-10(12)6-7-14(19)22-5/h6-9H,1-5H3,(H,18,20)/b7-6+. The second-order valence-corrected chi connectivity index (χ2v) is 6.49. The lowest BCUT2D eigenvalue weighted by Gasteiger charge is -2.19. The van der Waals surface area contributed by atoms with E-state index in [1.54, 1.807) is 25.3 Å². The number of nitrogens with one attached hydrogen (secondary N) is 1. The quantitative estimate of drug-likeness (QED) is 0.649. The number of hydrogen-bond acceptors (Lipinski definition) is 4. The zero-order valence-corrected chi connectivity index (χ0v) is 14.9. The number of benzene rings is 1. The van der Waals surface area contributed by atoms with Crippen molar-refractivity contribution < 1.29 is 19.1 Å². The Balaban J connectivity index is 3.24. The topological polar surface area (TPSA) is 64.6 Å². The van der Waals surface area contributed by atoms with Crippen LogP contribution in [0.3, 0.4) is 0 Å². The van der Waals surface area contributed by atoms with E-state index < -0.39 is 11.4 Å². The third kappa shape index (κ3) is 4.87. The minimum Gasteiger partial charge on any atom is -0.495 e. The van der Waals surface area contributed by atoms with E-state index in [0.29, 0.717) is 21.5 Å². The van der Waals surface area contributed by atoms with Crippen LogP contribution < -0.4 is 10.1 Å². The molecule has 1 rings (SSSR count). The maximum Gasteiger partial charge on any atom is 0.330 e. The molecule has 0 saturated carbocycles. The summed E-state index contributed by atoms with van der Waals surface area (Å²) < 4.78 is 10.5. The van der Waals surface area contributed by atoms with Gasteiger partial charge in [-0.15, -0.1) is 0 Å². The van der Waals surface area contributed by atoms with Crippen LogP contribution in [0.1, 0.15) is 26.3 Å². The van der Waals surface area contributed by atoms with Crippen molar-refractivity contribution in [2.24, 2.45) is 5.41 Å². The molecule has 0 atom stereocenters. The van der Waals surface area contributed by atoms with Crippen LogP contribution in [0.25, 0.3) is 6.08 Å². The first-order valence-electron chi connectivity index (χ1n) is 6.64. The first-order valence-corrected chi connectivity index (χ1v) is 7.43. The molecule has 22 heavy (non-hydrogen) atoms. The summed E-state index contributed by atoms with van der Waals surface area (Å²) in [5.41, 5.74) is 0.680. The van der Waals surface area contributed by atoms with Crippen LogP contribution >= 0.6 is 15.9 Å². The number of hydrogen-bond donors (Lipinski definition) is 1. The Morgan fingerprint density at radius 3 is 2.36 bits per heavy atom. The average molecular weight is 370 g/mol. The Bertz CT molecular complexity index is 603. The average Bonchev–Trinajstić information content (AvgIpc) is 2.45. The number of rotatable bonds is 4. The SMILES string of the molecule is COC(=O)/C=C/c1cc(Br)c(OC)cc1NC(=O)C(C)(C)C. The van der Waals surface area contributed by atoms with Gasteiger partial charge in [-0.3, -0.25) is 4.79 Å². The van der Waals surface area contributed by atoms with Crippen molar-refractivity contribution in [2.75, 3.05) is 19.5 Å². The van der Waals surface area contributed by atoms with E-state index in [9.17, 15) is 9.59 Å². The van der Waals surface area contributed by atoms with Gasteiger partial charge in [0.05, 0.1) is 24.4 Å². The molecule has 0 radical (unpaired) electrons. The van der Waals surface area contributed by atoms with Crippen LogP contribution in [0.2, 0.25) is 0 Å². The summed E-state index contributed by atoms with van der Waals surface area (Å²) in [6.45, 7) is 5.47. The number of carbonyl (C=O) groups excluding carboxylic acids is 2. The van der Waals surface area contributed by atoms with Crippen molar-refractivity contribution in [2.45, 2.75) is 20.8 Å². The number of halogens is 1. The molecule has 0 unspecified atom stereocenters. The summed E-state index contributed by atoms with van der Waals surface area (Å²) in [6.07, 6.45) is 2.87. The number of carbonyl (C=O) groups is 2. The molecule has 0 aliphatic carbocycles. The Morgan fingerprint density at radius 1 is 1.23 bits per heavy atom. The van der Waals surface area contributed by atoms with E-state index in [4.69, 9.17) is 4.74 Å². The third-order valence-electron chi connectivity index (χ3n) is 2.85. The van der Waals surface area contributed by atoms with Crippen molar-refractivity contribution in [3.8, 4) is 5.75 Å². The maximum atomic E-state index is 12.2. The molecule has 5 nitrogen and oxygen atoms in total. The zero-order chi connectivity index (χ0) is 16.9. The molecule has 0 aromatic heterocycles. The molecule has 6 heteroatoms. The van der Waals surface area contributed by atoms with Gasteiger partial charge < -0.3 is 14.8 Å². The molecule has 120 valence electrons. The number of amides is 1. The Morgan fingerprint density at radius 2 is 1.86 bits per heavy atom. The fraction of sp³-hybridized carbons (Fsp3) is 0.375. The first-order chi connectivity index (χ1) is 10.2. The molecule has 0 spiro atoms. The van der Waals surface area contributed by atoms with Crippen LogP contribution in [-0.2, 0) is 14.3 Å². The van der Waals surface area contributed by atoms with Crippen molar-refractivity contribution in [3.05, 3.63) is 28.2 Å². The molecule has 1 N–H and O–H groups in total. The second-order valence-electron chi connectivity index (χ2n) is 5.63. The highest BCUT2D eigenvalue weighted by molar-refractivity contribution is 9.10. The van der Waals surface area contributed by atoms with Crippen molar-refractivity contribution >= 4 is 39.6 Å². The highest BCUT2D eigenvalue weighted by Gasteiger charge is 2.22. The van der Waals surface area contributed by atoms with Gasteiger partial charge in [-0.05, 0) is 33.6 Å². The predicted molar refractivity (Wildman–Crippen MR) is 89.8 cm³/mol. The van der Waals surface area contributed by atoms with Crippen LogP contribution in [0, 0.1) is 5.41 Å². The Labute approximate surface area is 138 Å². The number of ether oxygens (including phenoxy) is 2. The molecule has 1 aromatic rings. The Kier molecular flexibility index (Phi) is 6.17. The van der Waals surface area contributed by atoms with E-state index in [1.807, 2.05) is 20.8 Å². The number of anilines is 1. The molecule has 0 fully saturated rings. The van der Waals surface area contributed by atoms with Gasteiger partial charge in [0.25, 0.3) is 0 Å². The molecule has 0 heterocycles. The van der Waals surface area contributed by atoms with Gasteiger partial charge in [-0.25, -0.2) is 4.79 Å². The predicted octanol–water partition coefficient (Wildman–Crippen LogP) is 3.63. The van der Waals surface area contributed by atoms with Gasteiger partial charge >= 0.3 is 5.97 Å². The molecule has 0 aliphatic rings. The van der Waals surface area contributed by atoms with E-state index in [0.717, 1.165) is 0 Å². The third-order valence-corrected chi connectivity index (χ3v) is 3.47. The van der Waals surface area contributed by atoms with E-state index in [-0.39, 0.29) is 5.91 Å². The van der Waals surface area contributed by atoms with Crippen LogP contribution in [0.4, 0.5) is 5.69 Å². The van der Waals surface area contributed by atoms with Crippen LogP contribution in [0.15, 0.2) is 22.7 Å². The Hall–Kier alpha value is -1.82. The zero-order valence-electron chi connectivity index (χ0n) is 13.3. The fourth-order valence-electron chi connectivity index (χ4n) is 1.51.